The van der Waals surface area contributed by atoms with Gasteiger partial charge in [-0.25, -0.2) is 0 Å². The van der Waals surface area contributed by atoms with Gasteiger partial charge < -0.3 is 14.2 Å². The Morgan fingerprint density at radius 3 is 0.970 bits per heavy atom. The number of allylic oxidation sites excluding steroid dienone is 14. The lowest BCUT2D eigenvalue weighted by Gasteiger charge is -2.18. The zero-order valence-electron chi connectivity index (χ0n) is 43.2. The largest absolute Gasteiger partial charge is 0.462 e. The molecule has 0 saturated carbocycles. The zero-order chi connectivity index (χ0) is 47.9. The van der Waals surface area contributed by atoms with Gasteiger partial charge >= 0.3 is 17.9 Å². The molecule has 0 aliphatic carbocycles. The first kappa shape index (κ1) is 62.6. The molecule has 0 fully saturated rings. The summed E-state index contributed by atoms with van der Waals surface area (Å²) in [6.45, 7) is 6.47. The normalized spacial score (nSPS) is 12.7. The van der Waals surface area contributed by atoms with E-state index in [1.165, 1.54) is 109 Å². The number of hydrogen-bond donors (Lipinski definition) is 0. The van der Waals surface area contributed by atoms with Gasteiger partial charge in [-0.05, 0) is 96.3 Å². The van der Waals surface area contributed by atoms with Gasteiger partial charge in [0.05, 0.1) is 0 Å². The molecule has 0 aromatic heterocycles. The summed E-state index contributed by atoms with van der Waals surface area (Å²) < 4.78 is 16.8. The van der Waals surface area contributed by atoms with Gasteiger partial charge in [-0.3, -0.25) is 14.4 Å². The van der Waals surface area contributed by atoms with Crippen molar-refractivity contribution < 1.29 is 28.6 Å². The fraction of sp³-hybridized carbons (Fsp3) is 0.717. The fourth-order valence-corrected chi connectivity index (χ4v) is 7.50. The van der Waals surface area contributed by atoms with Crippen LogP contribution < -0.4 is 0 Å². The third kappa shape index (κ3) is 51.6. The van der Waals surface area contributed by atoms with Crippen molar-refractivity contribution in [2.45, 2.75) is 264 Å². The first-order valence-corrected chi connectivity index (χ1v) is 27.6. The lowest BCUT2D eigenvalue weighted by atomic mass is 10.0. The molecule has 0 N–H and O–H groups in total. The SMILES string of the molecule is CC/C=C\C/C=C\C/C=C\C/C=C\C/C=C\CCCCCC(=O)OCC(COC(=O)CCCCCCCCCCCCCC)OC(=O)CCCCCCCCC/C=C\C/C=C\CCCCC. The first-order valence-electron chi connectivity index (χ1n) is 27.6. The molecular weight excluding hydrogens is 817 g/mol. The van der Waals surface area contributed by atoms with Crippen LogP contribution in [0.5, 0.6) is 0 Å². The highest BCUT2D eigenvalue weighted by Crippen LogP contribution is 2.15. The van der Waals surface area contributed by atoms with E-state index in [4.69, 9.17) is 14.2 Å². The molecule has 0 rings (SSSR count). The molecule has 0 aromatic carbocycles. The van der Waals surface area contributed by atoms with Gasteiger partial charge in [-0.1, -0.05) is 228 Å². The molecule has 0 amide bonds. The van der Waals surface area contributed by atoms with Crippen LogP contribution in [0.4, 0.5) is 0 Å². The predicted octanol–water partition coefficient (Wildman–Crippen LogP) is 18.4. The Balaban J connectivity index is 4.44. The van der Waals surface area contributed by atoms with Crippen LogP contribution in [0.2, 0.25) is 0 Å². The van der Waals surface area contributed by atoms with Crippen LogP contribution in [0.15, 0.2) is 85.1 Å². The average molecular weight is 919 g/mol. The molecule has 0 heterocycles. The average Bonchev–Trinajstić information content (AvgIpc) is 3.31. The van der Waals surface area contributed by atoms with Gasteiger partial charge in [-0.2, -0.15) is 0 Å². The fourth-order valence-electron chi connectivity index (χ4n) is 7.50. The second-order valence-electron chi connectivity index (χ2n) is 18.1. The molecule has 0 aliphatic heterocycles. The van der Waals surface area contributed by atoms with Crippen molar-refractivity contribution in [2.75, 3.05) is 13.2 Å². The van der Waals surface area contributed by atoms with Gasteiger partial charge in [0.15, 0.2) is 6.10 Å². The number of unbranched alkanes of at least 4 members (excludes halogenated alkanes) is 24. The highest BCUT2D eigenvalue weighted by Gasteiger charge is 2.19. The molecule has 1 atom stereocenters. The Morgan fingerprint density at radius 1 is 0.318 bits per heavy atom. The third-order valence-electron chi connectivity index (χ3n) is 11.6. The summed E-state index contributed by atoms with van der Waals surface area (Å²) in [4.78, 5) is 38.1. The molecule has 6 heteroatoms. The van der Waals surface area contributed by atoms with Crippen molar-refractivity contribution >= 4 is 17.9 Å². The predicted molar refractivity (Wildman–Crippen MR) is 284 cm³/mol. The van der Waals surface area contributed by atoms with Crippen molar-refractivity contribution in [1.29, 1.82) is 0 Å². The van der Waals surface area contributed by atoms with E-state index >= 15 is 0 Å². The van der Waals surface area contributed by atoms with Crippen molar-refractivity contribution in [2.24, 2.45) is 0 Å². The van der Waals surface area contributed by atoms with Crippen molar-refractivity contribution in [3.05, 3.63) is 85.1 Å². The lowest BCUT2D eigenvalue weighted by molar-refractivity contribution is -0.167. The van der Waals surface area contributed by atoms with E-state index in [-0.39, 0.29) is 31.1 Å². The van der Waals surface area contributed by atoms with E-state index < -0.39 is 6.10 Å². The number of carbonyl (C=O) groups excluding carboxylic acids is 3. The minimum atomic E-state index is -0.793. The molecule has 0 spiro atoms. The monoisotopic (exact) mass is 919 g/mol. The standard InChI is InChI=1S/C60H102O6/c1-4-7-10-13-16-19-22-25-27-29-30-32-33-35-38-41-44-47-50-53-59(62)65-56-57(55-64-58(61)52-49-46-43-40-37-24-21-18-15-12-9-6-3)66-60(63)54-51-48-45-42-39-36-34-31-28-26-23-20-17-14-11-8-5-2/h7,10,16-17,19-20,25-28,30,32,35,38,57H,4-6,8-9,11-15,18,21-24,29,31,33-34,36-37,39-56H2,1-3H3/b10-7-,19-16-,20-17-,27-25-,28-26-,32-30-,38-35-. The maximum atomic E-state index is 12.8. The maximum Gasteiger partial charge on any atom is 0.306 e. The van der Waals surface area contributed by atoms with Crippen LogP contribution in [-0.4, -0.2) is 37.2 Å². The molecule has 1 unspecified atom stereocenters. The summed E-state index contributed by atoms with van der Waals surface area (Å²) in [5, 5.41) is 0. The molecular formula is C60H102O6. The summed E-state index contributed by atoms with van der Waals surface area (Å²) in [5.74, 6) is -0.927. The summed E-state index contributed by atoms with van der Waals surface area (Å²) >= 11 is 0. The van der Waals surface area contributed by atoms with Gasteiger partial charge in [0, 0.05) is 19.3 Å². The lowest BCUT2D eigenvalue weighted by Crippen LogP contribution is -2.30. The Labute approximate surface area is 407 Å². The van der Waals surface area contributed by atoms with E-state index in [0.717, 1.165) is 109 Å². The Bertz CT molecular complexity index is 1290. The molecule has 66 heavy (non-hydrogen) atoms. The zero-order valence-corrected chi connectivity index (χ0v) is 43.2. The quantitative estimate of drug-likeness (QED) is 0.0262. The number of ether oxygens (including phenoxy) is 3. The molecule has 378 valence electrons. The summed E-state index contributed by atoms with van der Waals surface area (Å²) in [5.41, 5.74) is 0. The van der Waals surface area contributed by atoms with Crippen LogP contribution in [0.3, 0.4) is 0 Å². The van der Waals surface area contributed by atoms with Gasteiger partial charge in [0.25, 0.3) is 0 Å². The molecule has 0 radical (unpaired) electrons. The van der Waals surface area contributed by atoms with Gasteiger partial charge in [-0.15, -0.1) is 0 Å². The first-order chi connectivity index (χ1) is 32.5. The van der Waals surface area contributed by atoms with E-state index in [0.29, 0.717) is 19.3 Å². The Morgan fingerprint density at radius 2 is 0.591 bits per heavy atom. The highest BCUT2D eigenvalue weighted by atomic mass is 16.6. The van der Waals surface area contributed by atoms with Crippen LogP contribution in [0.25, 0.3) is 0 Å². The van der Waals surface area contributed by atoms with Crippen LogP contribution in [0, 0.1) is 0 Å². The smallest absolute Gasteiger partial charge is 0.306 e. The molecule has 0 aliphatic rings. The second kappa shape index (κ2) is 54.2. The maximum absolute atomic E-state index is 12.8. The van der Waals surface area contributed by atoms with Crippen LogP contribution in [-0.2, 0) is 28.6 Å². The highest BCUT2D eigenvalue weighted by molar-refractivity contribution is 5.71. The summed E-state index contributed by atoms with van der Waals surface area (Å²) in [6.07, 6.45) is 69.9. The minimum Gasteiger partial charge on any atom is -0.462 e. The summed E-state index contributed by atoms with van der Waals surface area (Å²) in [6, 6.07) is 0. The Kier molecular flexibility index (Phi) is 51.4. The number of carbonyl (C=O) groups is 3. The van der Waals surface area contributed by atoms with Crippen LogP contribution in [0.1, 0.15) is 258 Å². The van der Waals surface area contributed by atoms with Crippen molar-refractivity contribution in [1.82, 2.24) is 0 Å². The topological polar surface area (TPSA) is 78.9 Å². The van der Waals surface area contributed by atoms with Crippen molar-refractivity contribution in [3.8, 4) is 0 Å². The number of esters is 3. The summed E-state index contributed by atoms with van der Waals surface area (Å²) in [7, 11) is 0. The molecule has 6 nitrogen and oxygen atoms in total. The van der Waals surface area contributed by atoms with Crippen LogP contribution >= 0.6 is 0 Å². The van der Waals surface area contributed by atoms with E-state index in [9.17, 15) is 14.4 Å². The number of rotatable bonds is 49. The van der Waals surface area contributed by atoms with Gasteiger partial charge in [0.1, 0.15) is 13.2 Å². The molecule has 0 bridgehead atoms. The van der Waals surface area contributed by atoms with E-state index in [1.54, 1.807) is 0 Å². The van der Waals surface area contributed by atoms with Gasteiger partial charge in [0.2, 0.25) is 0 Å². The minimum absolute atomic E-state index is 0.0890. The van der Waals surface area contributed by atoms with E-state index in [1.807, 2.05) is 0 Å². The third-order valence-corrected chi connectivity index (χ3v) is 11.6. The molecule has 0 aromatic rings. The van der Waals surface area contributed by atoms with E-state index in [2.05, 4.69) is 106 Å². The second-order valence-corrected chi connectivity index (χ2v) is 18.1. The Hall–Kier alpha value is -3.41. The van der Waals surface area contributed by atoms with Crippen molar-refractivity contribution in [3.63, 3.8) is 0 Å². The molecule has 0 saturated heterocycles. The number of hydrogen-bond acceptors (Lipinski definition) is 6.